The van der Waals surface area contributed by atoms with Gasteiger partial charge in [-0.15, -0.1) is 0 Å². The number of rotatable bonds is 10. The number of nitrogens with zero attached hydrogens (tertiary/aromatic N) is 2. The minimum absolute atomic E-state index is 0.0201. The summed E-state index contributed by atoms with van der Waals surface area (Å²) in [5.74, 6) is -1.45. The van der Waals surface area contributed by atoms with E-state index in [2.05, 4.69) is 5.32 Å². The molecule has 2 aromatic carbocycles. The Bertz CT molecular complexity index is 1080. The Morgan fingerprint density at radius 2 is 1.67 bits per heavy atom. The molecule has 2 amide bonds. The molecule has 0 aromatic heterocycles. The lowest BCUT2D eigenvalue weighted by Crippen LogP contribution is -2.51. The summed E-state index contributed by atoms with van der Waals surface area (Å²) in [6, 6.07) is 8.78. The second kappa shape index (κ2) is 11.7. The highest BCUT2D eigenvalue weighted by Gasteiger charge is 2.30. The Labute approximate surface area is 203 Å². The predicted molar refractivity (Wildman–Crippen MR) is 128 cm³/mol. The summed E-state index contributed by atoms with van der Waals surface area (Å²) in [4.78, 5) is 27.2. The van der Waals surface area contributed by atoms with Crippen molar-refractivity contribution in [3.05, 3.63) is 63.9 Å². The highest BCUT2D eigenvalue weighted by molar-refractivity contribution is 7.92. The highest BCUT2D eigenvalue weighted by atomic mass is 35.5. The number of carbonyl (C=O) groups is 2. The van der Waals surface area contributed by atoms with Crippen LogP contribution in [-0.4, -0.2) is 50.5 Å². The lowest BCUT2D eigenvalue weighted by atomic mass is 10.1. The van der Waals surface area contributed by atoms with Crippen molar-refractivity contribution >= 4 is 50.7 Å². The molecule has 0 spiro atoms. The fourth-order valence-corrected chi connectivity index (χ4v) is 4.41. The Hall–Kier alpha value is -2.36. The minimum atomic E-state index is -3.90. The summed E-state index contributed by atoms with van der Waals surface area (Å²) >= 11 is 12.0. The predicted octanol–water partition coefficient (Wildman–Crippen LogP) is 3.84. The lowest BCUT2D eigenvalue weighted by Gasteiger charge is -2.31. The summed E-state index contributed by atoms with van der Waals surface area (Å²) in [6.07, 6.45) is 1.67. The molecule has 0 aliphatic carbocycles. The van der Waals surface area contributed by atoms with E-state index < -0.39 is 34.3 Å². The van der Waals surface area contributed by atoms with Gasteiger partial charge in [0.2, 0.25) is 21.8 Å². The average molecular weight is 518 g/mol. The first kappa shape index (κ1) is 26.9. The first-order chi connectivity index (χ1) is 15.4. The van der Waals surface area contributed by atoms with Crippen LogP contribution in [0.3, 0.4) is 0 Å². The third kappa shape index (κ3) is 7.87. The van der Waals surface area contributed by atoms with Gasteiger partial charge in [0, 0.05) is 23.1 Å². The van der Waals surface area contributed by atoms with Gasteiger partial charge >= 0.3 is 0 Å². The third-order valence-corrected chi connectivity index (χ3v) is 6.37. The van der Waals surface area contributed by atoms with Crippen molar-refractivity contribution < 1.29 is 22.4 Å². The molecule has 0 fully saturated rings. The number of nitrogens with one attached hydrogen (secondary N) is 1. The van der Waals surface area contributed by atoms with Gasteiger partial charge in [-0.1, -0.05) is 42.3 Å². The van der Waals surface area contributed by atoms with Gasteiger partial charge < -0.3 is 10.2 Å². The molecule has 180 valence electrons. The third-order valence-electron chi connectivity index (χ3n) is 4.80. The van der Waals surface area contributed by atoms with Crippen molar-refractivity contribution in [2.75, 3.05) is 23.7 Å². The quantitative estimate of drug-likeness (QED) is 0.518. The SMILES string of the molecule is CCCNC(=O)C(C)N(Cc1ccc(F)cc1)C(=O)CN(c1cc(Cl)cc(Cl)c1)S(C)(=O)=O. The van der Waals surface area contributed by atoms with Gasteiger partial charge in [-0.25, -0.2) is 12.8 Å². The van der Waals surface area contributed by atoms with Crippen molar-refractivity contribution in [3.8, 4) is 0 Å². The van der Waals surface area contributed by atoms with E-state index in [1.54, 1.807) is 6.92 Å². The van der Waals surface area contributed by atoms with E-state index in [1.165, 1.54) is 47.4 Å². The molecule has 2 aromatic rings. The summed E-state index contributed by atoms with van der Waals surface area (Å²) in [5, 5.41) is 3.14. The van der Waals surface area contributed by atoms with Crippen LogP contribution in [0.4, 0.5) is 10.1 Å². The zero-order chi connectivity index (χ0) is 24.8. The number of sulfonamides is 1. The van der Waals surface area contributed by atoms with Gasteiger partial charge in [0.1, 0.15) is 18.4 Å². The Morgan fingerprint density at radius 1 is 1.09 bits per heavy atom. The average Bonchev–Trinajstić information content (AvgIpc) is 2.73. The van der Waals surface area contributed by atoms with E-state index in [-0.39, 0.29) is 28.2 Å². The van der Waals surface area contributed by atoms with Gasteiger partial charge in [-0.05, 0) is 49.2 Å². The molecule has 11 heteroatoms. The van der Waals surface area contributed by atoms with Crippen molar-refractivity contribution in [1.29, 1.82) is 0 Å². The molecular weight excluding hydrogens is 492 g/mol. The number of hydrogen-bond acceptors (Lipinski definition) is 4. The van der Waals surface area contributed by atoms with Crippen LogP contribution in [0.5, 0.6) is 0 Å². The fourth-order valence-electron chi connectivity index (χ4n) is 3.06. The number of benzene rings is 2. The Balaban J connectivity index is 2.39. The van der Waals surface area contributed by atoms with Gasteiger partial charge in [0.05, 0.1) is 11.9 Å². The first-order valence-electron chi connectivity index (χ1n) is 10.2. The molecule has 2 rings (SSSR count). The molecule has 0 saturated heterocycles. The maximum atomic E-state index is 13.3. The van der Waals surface area contributed by atoms with Crippen LogP contribution in [-0.2, 0) is 26.2 Å². The lowest BCUT2D eigenvalue weighted by molar-refractivity contribution is -0.139. The molecule has 33 heavy (non-hydrogen) atoms. The van der Waals surface area contributed by atoms with Gasteiger partial charge in [0.25, 0.3) is 0 Å². The van der Waals surface area contributed by atoms with Crippen LogP contribution in [0.1, 0.15) is 25.8 Å². The summed E-state index contributed by atoms with van der Waals surface area (Å²) < 4.78 is 39.2. The standard InChI is InChI=1S/C22H26Cl2FN3O4S/c1-4-9-26-22(30)15(2)27(13-16-5-7-19(25)8-6-16)21(29)14-28(33(3,31)32)20-11-17(23)10-18(24)12-20/h5-8,10-12,15H,4,9,13-14H2,1-3H3,(H,26,30). The molecule has 7 nitrogen and oxygen atoms in total. The monoisotopic (exact) mass is 517 g/mol. The molecule has 0 aliphatic rings. The second-order valence-electron chi connectivity index (χ2n) is 7.51. The largest absolute Gasteiger partial charge is 0.354 e. The van der Waals surface area contributed by atoms with Crippen molar-refractivity contribution in [2.24, 2.45) is 0 Å². The van der Waals surface area contributed by atoms with Crippen LogP contribution in [0.2, 0.25) is 10.0 Å². The van der Waals surface area contributed by atoms with Crippen LogP contribution < -0.4 is 9.62 Å². The normalized spacial score (nSPS) is 12.2. The minimum Gasteiger partial charge on any atom is -0.354 e. The van der Waals surface area contributed by atoms with E-state index in [9.17, 15) is 22.4 Å². The van der Waals surface area contributed by atoms with Crippen LogP contribution in [0.15, 0.2) is 42.5 Å². The Kier molecular flexibility index (Phi) is 9.51. The summed E-state index contributed by atoms with van der Waals surface area (Å²) in [7, 11) is -3.90. The summed E-state index contributed by atoms with van der Waals surface area (Å²) in [5.41, 5.74) is 0.699. The second-order valence-corrected chi connectivity index (χ2v) is 10.3. The van der Waals surface area contributed by atoms with E-state index in [4.69, 9.17) is 23.2 Å². The smallest absolute Gasteiger partial charge is 0.244 e. The van der Waals surface area contributed by atoms with Gasteiger partial charge in [-0.2, -0.15) is 0 Å². The number of hydrogen-bond donors (Lipinski definition) is 1. The maximum Gasteiger partial charge on any atom is 0.244 e. The van der Waals surface area contributed by atoms with Crippen LogP contribution in [0, 0.1) is 5.82 Å². The van der Waals surface area contributed by atoms with Crippen LogP contribution >= 0.6 is 23.2 Å². The molecule has 1 atom stereocenters. The first-order valence-corrected chi connectivity index (χ1v) is 12.8. The molecule has 0 heterocycles. The van der Waals surface area contributed by atoms with E-state index in [0.29, 0.717) is 18.5 Å². The van der Waals surface area contributed by atoms with Gasteiger partial charge in [0.15, 0.2) is 0 Å². The summed E-state index contributed by atoms with van der Waals surface area (Å²) in [6.45, 7) is 3.27. The molecule has 0 aliphatic heterocycles. The number of halogens is 3. The van der Waals surface area contributed by atoms with Crippen molar-refractivity contribution in [2.45, 2.75) is 32.9 Å². The van der Waals surface area contributed by atoms with E-state index in [1.807, 2.05) is 6.92 Å². The maximum absolute atomic E-state index is 13.3. The Morgan fingerprint density at radius 3 is 2.18 bits per heavy atom. The molecular formula is C22H26Cl2FN3O4S. The molecule has 1 unspecified atom stereocenters. The molecule has 0 bridgehead atoms. The van der Waals surface area contributed by atoms with Gasteiger partial charge in [-0.3, -0.25) is 13.9 Å². The molecule has 1 N–H and O–H groups in total. The van der Waals surface area contributed by atoms with Crippen molar-refractivity contribution in [3.63, 3.8) is 0 Å². The molecule has 0 saturated carbocycles. The van der Waals surface area contributed by atoms with Crippen molar-refractivity contribution in [1.82, 2.24) is 10.2 Å². The number of amides is 2. The topological polar surface area (TPSA) is 86.8 Å². The zero-order valence-electron chi connectivity index (χ0n) is 18.5. The number of anilines is 1. The van der Waals surface area contributed by atoms with Crippen LogP contribution in [0.25, 0.3) is 0 Å². The fraction of sp³-hybridized carbons (Fsp3) is 0.364. The zero-order valence-corrected chi connectivity index (χ0v) is 20.8. The highest BCUT2D eigenvalue weighted by Crippen LogP contribution is 2.27. The van der Waals surface area contributed by atoms with E-state index in [0.717, 1.165) is 10.6 Å². The number of carbonyl (C=O) groups excluding carboxylic acids is 2. The molecule has 0 radical (unpaired) electrons. The van der Waals surface area contributed by atoms with E-state index >= 15 is 0 Å².